The van der Waals surface area contributed by atoms with Crippen LogP contribution in [0.5, 0.6) is 0 Å². The average molecular weight is 394 g/mol. The van der Waals surface area contributed by atoms with Gasteiger partial charge in [0.1, 0.15) is 5.78 Å². The fourth-order valence-corrected chi connectivity index (χ4v) is 3.67. The van der Waals surface area contributed by atoms with Crippen molar-refractivity contribution in [3.8, 4) is 11.8 Å². The molecule has 0 radical (unpaired) electrons. The molecule has 6 heteroatoms. The van der Waals surface area contributed by atoms with Crippen molar-refractivity contribution in [1.82, 2.24) is 9.55 Å². The maximum atomic E-state index is 12.5. The molecule has 2 heterocycles. The van der Waals surface area contributed by atoms with Gasteiger partial charge >= 0.3 is 0 Å². The Hall–Kier alpha value is -2.97. The van der Waals surface area contributed by atoms with Crippen molar-refractivity contribution in [2.45, 2.75) is 33.1 Å². The van der Waals surface area contributed by atoms with Crippen LogP contribution in [0.3, 0.4) is 0 Å². The van der Waals surface area contributed by atoms with Crippen LogP contribution in [0.1, 0.15) is 53.4 Å². The Morgan fingerprint density at radius 2 is 1.96 bits per heavy atom. The van der Waals surface area contributed by atoms with Gasteiger partial charge in [0.2, 0.25) is 0 Å². The lowest BCUT2D eigenvalue weighted by Crippen LogP contribution is -2.04. The lowest BCUT2D eigenvalue weighted by molar-refractivity contribution is -0.117. The van der Waals surface area contributed by atoms with E-state index in [1.54, 1.807) is 25.3 Å². The zero-order chi connectivity index (χ0) is 20.4. The number of nitrogens with zero attached hydrogens (tertiary/aromatic N) is 3. The monoisotopic (exact) mass is 393 g/mol. The van der Waals surface area contributed by atoms with Gasteiger partial charge in [0, 0.05) is 24.0 Å². The topological polar surface area (TPSA) is 75.8 Å². The van der Waals surface area contributed by atoms with Crippen LogP contribution in [-0.2, 0) is 4.79 Å². The minimum Gasteiger partial charge on any atom is -0.312 e. The third kappa shape index (κ3) is 3.56. The van der Waals surface area contributed by atoms with Crippen molar-refractivity contribution in [1.29, 1.82) is 5.26 Å². The number of pyridine rings is 1. The van der Waals surface area contributed by atoms with Crippen LogP contribution in [0.2, 0.25) is 0 Å². The summed E-state index contributed by atoms with van der Waals surface area (Å²) in [6.45, 7) is 5.42. The molecule has 0 spiro atoms. The minimum atomic E-state index is -0.186. The highest BCUT2D eigenvalue weighted by Gasteiger charge is 2.22. The first-order valence-corrected chi connectivity index (χ1v) is 9.51. The molecular weight excluding hydrogens is 374 g/mol. The Kier molecular flexibility index (Phi) is 5.62. The van der Waals surface area contributed by atoms with Gasteiger partial charge in [-0.05, 0) is 55.7 Å². The summed E-state index contributed by atoms with van der Waals surface area (Å²) in [4.78, 5) is 28.6. The van der Waals surface area contributed by atoms with E-state index in [-0.39, 0.29) is 23.4 Å². The lowest BCUT2D eigenvalue weighted by atomic mass is 9.97. The predicted molar refractivity (Wildman–Crippen MR) is 109 cm³/mol. The van der Waals surface area contributed by atoms with Gasteiger partial charge in [0.25, 0.3) is 0 Å². The number of benzene rings is 1. The van der Waals surface area contributed by atoms with E-state index < -0.39 is 0 Å². The quantitative estimate of drug-likeness (QED) is 0.449. The number of fused-ring (bicyclic) bond motifs is 1. The van der Waals surface area contributed by atoms with Gasteiger partial charge in [0.15, 0.2) is 5.78 Å². The highest BCUT2D eigenvalue weighted by atomic mass is 35.5. The number of ketones is 2. The summed E-state index contributed by atoms with van der Waals surface area (Å²) in [5.41, 5.74) is 4.93. The first kappa shape index (κ1) is 19.8. The van der Waals surface area contributed by atoms with E-state index in [4.69, 9.17) is 16.9 Å². The van der Waals surface area contributed by atoms with Gasteiger partial charge in [-0.25, -0.2) is 0 Å². The second kappa shape index (κ2) is 7.95. The molecule has 0 amide bonds. The number of rotatable bonds is 6. The van der Waals surface area contributed by atoms with Gasteiger partial charge in [-0.3, -0.25) is 9.78 Å². The van der Waals surface area contributed by atoms with Gasteiger partial charge in [-0.15, -0.1) is 11.6 Å². The van der Waals surface area contributed by atoms with E-state index in [0.29, 0.717) is 23.1 Å². The highest BCUT2D eigenvalue weighted by molar-refractivity contribution is 6.32. The van der Waals surface area contributed by atoms with Gasteiger partial charge in [-0.2, -0.15) is 5.26 Å². The van der Waals surface area contributed by atoms with Gasteiger partial charge in [0.05, 0.1) is 34.1 Å². The largest absolute Gasteiger partial charge is 0.312 e. The average Bonchev–Trinajstić information content (AvgIpc) is 2.98. The molecule has 0 saturated heterocycles. The Bertz CT molecular complexity index is 1110. The molecule has 0 saturated carbocycles. The Balaban J connectivity index is 2.27. The zero-order valence-electron chi connectivity index (χ0n) is 16.0. The lowest BCUT2D eigenvalue weighted by Gasteiger charge is -2.12. The summed E-state index contributed by atoms with van der Waals surface area (Å²) in [7, 11) is 0. The summed E-state index contributed by atoms with van der Waals surface area (Å²) in [5, 5.41) is 9.05. The number of hydrogen-bond donors (Lipinski definition) is 0. The Labute approximate surface area is 168 Å². The van der Waals surface area contributed by atoms with E-state index in [0.717, 1.165) is 22.5 Å². The molecule has 2 aromatic heterocycles. The molecule has 1 unspecified atom stereocenters. The Morgan fingerprint density at radius 3 is 2.54 bits per heavy atom. The molecular formula is C22H20ClN3O2. The molecule has 0 N–H and O–H groups in total. The van der Waals surface area contributed by atoms with Crippen LogP contribution < -0.4 is 0 Å². The van der Waals surface area contributed by atoms with Crippen LogP contribution in [0.15, 0.2) is 36.5 Å². The number of carbonyl (C=O) groups excluding carboxylic acids is 2. The number of aromatic nitrogens is 2. The second-order valence-corrected chi connectivity index (χ2v) is 7.22. The Morgan fingerprint density at radius 1 is 1.29 bits per heavy atom. The molecule has 0 fully saturated rings. The number of carbonyl (C=O) groups is 2. The van der Waals surface area contributed by atoms with Gasteiger partial charge < -0.3 is 9.36 Å². The van der Waals surface area contributed by atoms with Gasteiger partial charge in [-0.1, -0.05) is 6.92 Å². The van der Waals surface area contributed by atoms with Crippen LogP contribution in [-0.4, -0.2) is 27.0 Å². The zero-order valence-corrected chi connectivity index (χ0v) is 16.7. The molecule has 28 heavy (non-hydrogen) atoms. The normalized spacial score (nSPS) is 12.0. The molecule has 1 aromatic carbocycles. The number of hydrogen-bond acceptors (Lipinski definition) is 4. The molecule has 1 atom stereocenters. The van der Waals surface area contributed by atoms with Crippen LogP contribution >= 0.6 is 11.6 Å². The van der Waals surface area contributed by atoms with Crippen molar-refractivity contribution < 1.29 is 9.59 Å². The molecule has 142 valence electrons. The second-order valence-electron chi connectivity index (χ2n) is 6.95. The van der Waals surface area contributed by atoms with Crippen molar-refractivity contribution >= 4 is 34.2 Å². The first-order chi connectivity index (χ1) is 13.4. The SMILES string of the molecule is CC(=O)CC(C)c1cnc2c(C(=O)CCl)c(C)n(-c3ccc(C#N)cc3)c2c1. The van der Waals surface area contributed by atoms with Crippen molar-refractivity contribution in [2.75, 3.05) is 5.88 Å². The number of Topliss-reactive ketones (excluding diaryl/α,β-unsaturated/α-hetero) is 2. The highest BCUT2D eigenvalue weighted by Crippen LogP contribution is 2.31. The third-order valence-electron chi connectivity index (χ3n) is 4.88. The summed E-state index contributed by atoms with van der Waals surface area (Å²) in [6, 6.07) is 11.2. The molecule has 0 aliphatic carbocycles. The molecule has 5 nitrogen and oxygen atoms in total. The first-order valence-electron chi connectivity index (χ1n) is 8.97. The molecule has 0 aliphatic rings. The summed E-state index contributed by atoms with van der Waals surface area (Å²) in [5.74, 6) is -0.179. The molecule has 0 aliphatic heterocycles. The molecule has 3 rings (SSSR count). The molecule has 3 aromatic rings. The minimum absolute atomic E-state index is 0.0196. The summed E-state index contributed by atoms with van der Waals surface area (Å²) >= 11 is 5.83. The maximum absolute atomic E-state index is 12.5. The standard InChI is InChI=1S/C22H20ClN3O2/c1-13(8-14(2)27)17-9-19-22(25-12-17)21(20(28)10-23)15(3)26(19)18-6-4-16(11-24)5-7-18/h4-7,9,12-13H,8,10H2,1-3H3. The fourth-order valence-electron chi connectivity index (χ4n) is 3.53. The predicted octanol–water partition coefficient (Wildman–Crippen LogP) is 4.71. The van der Waals surface area contributed by atoms with E-state index in [2.05, 4.69) is 11.1 Å². The van der Waals surface area contributed by atoms with E-state index in [1.807, 2.05) is 36.6 Å². The van der Waals surface area contributed by atoms with Crippen molar-refractivity contribution in [2.24, 2.45) is 0 Å². The van der Waals surface area contributed by atoms with Crippen LogP contribution in [0, 0.1) is 18.3 Å². The van der Waals surface area contributed by atoms with E-state index in [1.165, 1.54) is 0 Å². The van der Waals surface area contributed by atoms with E-state index >= 15 is 0 Å². The fraction of sp³-hybridized carbons (Fsp3) is 0.273. The molecule has 0 bridgehead atoms. The smallest absolute Gasteiger partial charge is 0.181 e. The maximum Gasteiger partial charge on any atom is 0.181 e. The number of nitriles is 1. The summed E-state index contributed by atoms with van der Waals surface area (Å²) in [6.07, 6.45) is 2.15. The van der Waals surface area contributed by atoms with E-state index in [9.17, 15) is 9.59 Å². The number of alkyl halides is 1. The number of halogens is 1. The van der Waals surface area contributed by atoms with Crippen LogP contribution in [0.4, 0.5) is 0 Å². The van der Waals surface area contributed by atoms with Crippen LogP contribution in [0.25, 0.3) is 16.7 Å². The third-order valence-corrected chi connectivity index (χ3v) is 5.12. The van der Waals surface area contributed by atoms with Crippen molar-refractivity contribution in [3.05, 3.63) is 58.9 Å². The summed E-state index contributed by atoms with van der Waals surface area (Å²) < 4.78 is 1.95. The van der Waals surface area contributed by atoms with Crippen molar-refractivity contribution in [3.63, 3.8) is 0 Å².